The molecule has 1 saturated heterocycles. The summed E-state index contributed by atoms with van der Waals surface area (Å²) in [4.78, 5) is 37.6. The Morgan fingerprint density at radius 3 is 2.57 bits per heavy atom. The van der Waals surface area contributed by atoms with Crippen molar-refractivity contribution in [2.45, 2.75) is 25.7 Å². The number of guanidine groups is 1. The number of fused-ring (bicyclic) bond motifs is 3. The van der Waals surface area contributed by atoms with E-state index in [1.54, 1.807) is 19.1 Å². The smallest absolute Gasteiger partial charge is 0.328 e. The van der Waals surface area contributed by atoms with E-state index >= 15 is 0 Å². The third-order valence-electron chi connectivity index (χ3n) is 5.28. The number of urea groups is 1. The van der Waals surface area contributed by atoms with Crippen LogP contribution in [0.4, 0.5) is 4.79 Å². The predicted molar refractivity (Wildman–Crippen MR) is 107 cm³/mol. The van der Waals surface area contributed by atoms with Gasteiger partial charge in [-0.2, -0.15) is 0 Å². The number of carbonyl (C=O) groups excluding carboxylic acids is 2. The lowest BCUT2D eigenvalue weighted by Crippen LogP contribution is -2.63. The maximum Gasteiger partial charge on any atom is 0.328 e. The number of amides is 3. The van der Waals surface area contributed by atoms with Crippen LogP contribution >= 0.6 is 15.9 Å². The van der Waals surface area contributed by atoms with Crippen molar-refractivity contribution in [3.05, 3.63) is 46.2 Å². The largest absolute Gasteiger partial charge is 0.383 e. The van der Waals surface area contributed by atoms with Crippen LogP contribution in [0.3, 0.4) is 0 Å². The second-order valence-corrected chi connectivity index (χ2v) is 7.97. The highest BCUT2D eigenvalue weighted by atomic mass is 79.9. The molecule has 1 aromatic rings. The molecule has 0 aromatic heterocycles. The average molecular weight is 448 g/mol. The molecule has 3 aliphatic rings. The molecule has 9 heteroatoms. The van der Waals surface area contributed by atoms with Crippen LogP contribution < -0.4 is 0 Å². The molecule has 148 valence electrons. The Kier molecular flexibility index (Phi) is 4.88. The molecular formula is C19H22BrN5O3. The summed E-state index contributed by atoms with van der Waals surface area (Å²) in [7, 11) is 3.35. The van der Waals surface area contributed by atoms with Crippen molar-refractivity contribution < 1.29 is 14.3 Å². The molecule has 2 unspecified atom stereocenters. The lowest BCUT2D eigenvalue weighted by molar-refractivity contribution is -0.137. The van der Waals surface area contributed by atoms with Crippen LogP contribution in [0.5, 0.6) is 0 Å². The van der Waals surface area contributed by atoms with E-state index in [1.165, 1.54) is 4.90 Å². The molecule has 3 heterocycles. The van der Waals surface area contributed by atoms with Crippen molar-refractivity contribution >= 4 is 33.8 Å². The molecular weight excluding hydrogens is 426 g/mol. The standard InChI is InChI=1S/C19H22BrN5O3/c1-12-10-24-15-16(21-18(24)23(12)8-9-28-3)22(2)19(27)25(17(15)26)11-13-4-6-14(20)7-5-13/h4-7,10,15-16H,8-9,11H2,1-3H3. The molecule has 3 aliphatic heterocycles. The van der Waals surface area contributed by atoms with Gasteiger partial charge in [-0.3, -0.25) is 9.69 Å². The van der Waals surface area contributed by atoms with Gasteiger partial charge in [0.25, 0.3) is 5.91 Å². The van der Waals surface area contributed by atoms with Crippen molar-refractivity contribution in [3.8, 4) is 0 Å². The molecule has 0 saturated carbocycles. The number of allylic oxidation sites excluding steroid dienone is 1. The first-order valence-electron chi connectivity index (χ1n) is 9.06. The van der Waals surface area contributed by atoms with Crippen LogP contribution in [0, 0.1) is 0 Å². The minimum absolute atomic E-state index is 0.229. The fourth-order valence-corrected chi connectivity index (χ4v) is 4.04. The molecule has 0 spiro atoms. The van der Waals surface area contributed by atoms with E-state index in [1.807, 2.05) is 47.2 Å². The molecule has 1 fully saturated rings. The number of ether oxygens (including phenoxy) is 1. The fraction of sp³-hybridized carbons (Fsp3) is 0.421. The van der Waals surface area contributed by atoms with Crippen LogP contribution in [-0.2, 0) is 16.1 Å². The van der Waals surface area contributed by atoms with Crippen LogP contribution in [0.2, 0.25) is 0 Å². The number of rotatable bonds is 5. The van der Waals surface area contributed by atoms with Gasteiger partial charge in [0, 0.05) is 37.1 Å². The third-order valence-corrected chi connectivity index (χ3v) is 5.80. The van der Waals surface area contributed by atoms with Gasteiger partial charge in [-0.25, -0.2) is 9.79 Å². The molecule has 28 heavy (non-hydrogen) atoms. The van der Waals surface area contributed by atoms with Crippen LogP contribution in [0.25, 0.3) is 0 Å². The topological polar surface area (TPSA) is 68.7 Å². The number of benzene rings is 1. The molecule has 0 bridgehead atoms. The Labute approximate surface area is 172 Å². The SMILES string of the molecule is COCCN1C(C)=CN2C1=NC1C2C(=O)N(Cc2ccc(Br)cc2)C(=O)N1C. The average Bonchev–Trinajstić information content (AvgIpc) is 3.18. The summed E-state index contributed by atoms with van der Waals surface area (Å²) in [6.45, 7) is 3.40. The molecule has 8 nitrogen and oxygen atoms in total. The van der Waals surface area contributed by atoms with E-state index in [-0.39, 0.29) is 18.5 Å². The number of aliphatic imine (C=N–C) groups is 1. The van der Waals surface area contributed by atoms with Gasteiger partial charge in [0.2, 0.25) is 5.96 Å². The maximum absolute atomic E-state index is 13.3. The van der Waals surface area contributed by atoms with Crippen LogP contribution in [0.1, 0.15) is 12.5 Å². The van der Waals surface area contributed by atoms with Gasteiger partial charge in [-0.15, -0.1) is 0 Å². The first-order chi connectivity index (χ1) is 13.4. The number of carbonyl (C=O) groups is 2. The Bertz CT molecular complexity index is 869. The van der Waals surface area contributed by atoms with E-state index in [4.69, 9.17) is 9.73 Å². The van der Waals surface area contributed by atoms with Gasteiger partial charge >= 0.3 is 6.03 Å². The lowest BCUT2D eigenvalue weighted by atomic mass is 10.1. The minimum atomic E-state index is -0.546. The Morgan fingerprint density at radius 1 is 1.18 bits per heavy atom. The summed E-state index contributed by atoms with van der Waals surface area (Å²) in [6, 6.07) is 6.73. The summed E-state index contributed by atoms with van der Waals surface area (Å²) in [5.41, 5.74) is 1.90. The van der Waals surface area contributed by atoms with Crippen LogP contribution in [-0.4, -0.2) is 77.0 Å². The first kappa shape index (κ1) is 18.9. The zero-order valence-electron chi connectivity index (χ0n) is 16.0. The lowest BCUT2D eigenvalue weighted by Gasteiger charge is -2.40. The third kappa shape index (κ3) is 2.98. The molecule has 1 aromatic carbocycles. The second-order valence-electron chi connectivity index (χ2n) is 7.05. The van der Waals surface area contributed by atoms with Gasteiger partial charge in [-0.05, 0) is 24.6 Å². The van der Waals surface area contributed by atoms with Crippen molar-refractivity contribution in [2.24, 2.45) is 4.99 Å². The van der Waals surface area contributed by atoms with Gasteiger partial charge < -0.3 is 19.4 Å². The fourth-order valence-electron chi connectivity index (χ4n) is 3.78. The maximum atomic E-state index is 13.3. The molecule has 4 rings (SSSR count). The quantitative estimate of drug-likeness (QED) is 0.690. The molecule has 2 atom stereocenters. The van der Waals surface area contributed by atoms with Gasteiger partial charge in [0.15, 0.2) is 12.2 Å². The second kappa shape index (κ2) is 7.21. The van der Waals surface area contributed by atoms with E-state index in [9.17, 15) is 9.59 Å². The van der Waals surface area contributed by atoms with E-state index in [0.717, 1.165) is 15.7 Å². The number of hydrogen-bond acceptors (Lipinski definition) is 6. The van der Waals surface area contributed by atoms with Crippen molar-refractivity contribution in [3.63, 3.8) is 0 Å². The molecule has 0 aliphatic carbocycles. The summed E-state index contributed by atoms with van der Waals surface area (Å²) >= 11 is 3.40. The highest BCUT2D eigenvalue weighted by molar-refractivity contribution is 9.10. The highest BCUT2D eigenvalue weighted by Gasteiger charge is 2.54. The normalized spacial score (nSPS) is 23.9. The Hall–Kier alpha value is -2.39. The molecule has 0 N–H and O–H groups in total. The number of likely N-dealkylation sites (N-methyl/N-ethyl adjacent to an activating group) is 1. The predicted octanol–water partition coefficient (Wildman–Crippen LogP) is 2.03. The monoisotopic (exact) mass is 447 g/mol. The Balaban J connectivity index is 1.60. The highest BCUT2D eigenvalue weighted by Crippen LogP contribution is 2.34. The summed E-state index contributed by atoms with van der Waals surface area (Å²) in [5, 5.41) is 0. The Morgan fingerprint density at radius 2 is 1.89 bits per heavy atom. The molecule has 3 amide bonds. The number of imide groups is 1. The molecule has 0 radical (unpaired) electrons. The van der Waals surface area contributed by atoms with Crippen molar-refractivity contribution in [1.82, 2.24) is 19.6 Å². The number of methoxy groups -OCH3 is 1. The van der Waals surface area contributed by atoms with Gasteiger partial charge in [0.1, 0.15) is 0 Å². The van der Waals surface area contributed by atoms with E-state index in [0.29, 0.717) is 19.1 Å². The number of hydrogen-bond donors (Lipinski definition) is 0. The zero-order chi connectivity index (χ0) is 20.0. The summed E-state index contributed by atoms with van der Waals surface area (Å²) in [6.07, 6.45) is 1.41. The minimum Gasteiger partial charge on any atom is -0.383 e. The number of nitrogens with zero attached hydrogens (tertiary/aromatic N) is 5. The number of halogens is 1. The first-order valence-corrected chi connectivity index (χ1v) is 9.85. The summed E-state index contributed by atoms with van der Waals surface area (Å²) < 4.78 is 6.14. The van der Waals surface area contributed by atoms with Gasteiger partial charge in [-0.1, -0.05) is 28.1 Å². The van der Waals surface area contributed by atoms with Crippen LogP contribution in [0.15, 0.2) is 45.6 Å². The van der Waals surface area contributed by atoms with Gasteiger partial charge in [0.05, 0.1) is 13.2 Å². The van der Waals surface area contributed by atoms with Crippen molar-refractivity contribution in [1.29, 1.82) is 0 Å². The van der Waals surface area contributed by atoms with E-state index in [2.05, 4.69) is 15.9 Å². The summed E-state index contributed by atoms with van der Waals surface area (Å²) in [5.74, 6) is 0.468. The zero-order valence-corrected chi connectivity index (χ0v) is 17.6. The van der Waals surface area contributed by atoms with Crippen molar-refractivity contribution in [2.75, 3.05) is 27.3 Å². The van der Waals surface area contributed by atoms with E-state index < -0.39 is 12.2 Å².